The normalized spacial score (nSPS) is 12.2. The monoisotopic (exact) mass is 308 g/mol. The molecule has 0 aliphatic heterocycles. The molecule has 1 heterocycles. The predicted molar refractivity (Wildman–Crippen MR) is 84.4 cm³/mol. The van der Waals surface area contributed by atoms with Crippen molar-refractivity contribution < 1.29 is 4.79 Å². The zero-order chi connectivity index (χ0) is 14.5. The highest BCUT2D eigenvalue weighted by Crippen LogP contribution is 2.24. The maximum absolute atomic E-state index is 11.4. The number of benzene rings is 1. The molecule has 3 nitrogen and oxygen atoms in total. The van der Waals surface area contributed by atoms with E-state index in [0.717, 1.165) is 16.4 Å². The largest absolute Gasteiger partial charge is 0.355 e. The fraction of sp³-hybridized carbons (Fsp3) is 0.267. The van der Waals surface area contributed by atoms with Crippen LogP contribution in [0.25, 0.3) is 0 Å². The van der Waals surface area contributed by atoms with Crippen LogP contribution >= 0.6 is 22.9 Å². The van der Waals surface area contributed by atoms with Crippen LogP contribution in [0.5, 0.6) is 0 Å². The molecule has 106 valence electrons. The number of rotatable bonds is 5. The van der Waals surface area contributed by atoms with Crippen molar-refractivity contribution in [2.75, 3.05) is 7.05 Å². The molecule has 1 unspecified atom stereocenters. The van der Waals surface area contributed by atoms with Crippen LogP contribution in [0.3, 0.4) is 0 Å². The molecule has 20 heavy (non-hydrogen) atoms. The van der Waals surface area contributed by atoms with Crippen molar-refractivity contribution in [2.24, 2.45) is 0 Å². The second-order valence-electron chi connectivity index (χ2n) is 4.56. The molecular formula is C15H17ClN2OS. The molecule has 0 aliphatic carbocycles. The average molecular weight is 309 g/mol. The molecule has 1 aromatic heterocycles. The molecule has 2 rings (SSSR count). The Labute approximate surface area is 128 Å². The Hall–Kier alpha value is -1.36. The summed E-state index contributed by atoms with van der Waals surface area (Å²) >= 11 is 7.48. The summed E-state index contributed by atoms with van der Waals surface area (Å²) in [6, 6.07) is 9.83. The molecule has 2 N–H and O–H groups in total. The first kappa shape index (κ1) is 15.0. The maximum Gasteiger partial charge on any atom is 0.251 e. The second kappa shape index (κ2) is 6.88. The molecule has 2 aromatic rings. The molecule has 1 amide bonds. The third-order valence-electron chi connectivity index (χ3n) is 3.14. The van der Waals surface area contributed by atoms with Crippen LogP contribution in [0.2, 0.25) is 4.34 Å². The van der Waals surface area contributed by atoms with Crippen molar-refractivity contribution in [1.29, 1.82) is 0 Å². The number of halogens is 1. The van der Waals surface area contributed by atoms with Gasteiger partial charge in [-0.2, -0.15) is 0 Å². The minimum Gasteiger partial charge on any atom is -0.355 e. The standard InChI is InChI=1S/C15H17ClN2OS/c1-10(13-7-14(16)20-9-13)18-8-11-3-5-12(6-4-11)15(19)17-2/h3-7,9-10,18H,8H2,1-2H3,(H,17,19). The van der Waals surface area contributed by atoms with E-state index in [1.807, 2.05) is 30.3 Å². The van der Waals surface area contributed by atoms with E-state index in [1.54, 1.807) is 18.4 Å². The first-order chi connectivity index (χ1) is 9.60. The molecule has 0 saturated heterocycles. The Morgan fingerprint density at radius 3 is 2.60 bits per heavy atom. The van der Waals surface area contributed by atoms with Gasteiger partial charge in [0, 0.05) is 25.2 Å². The summed E-state index contributed by atoms with van der Waals surface area (Å²) in [4.78, 5) is 11.4. The van der Waals surface area contributed by atoms with E-state index < -0.39 is 0 Å². The third kappa shape index (κ3) is 3.82. The van der Waals surface area contributed by atoms with E-state index in [4.69, 9.17) is 11.6 Å². The first-order valence-electron chi connectivity index (χ1n) is 6.38. The zero-order valence-corrected chi connectivity index (χ0v) is 13.0. The van der Waals surface area contributed by atoms with Crippen molar-refractivity contribution in [3.05, 3.63) is 56.7 Å². The van der Waals surface area contributed by atoms with Crippen molar-refractivity contribution in [3.63, 3.8) is 0 Å². The maximum atomic E-state index is 11.4. The predicted octanol–water partition coefficient (Wildman–Crippen LogP) is 3.61. The van der Waals surface area contributed by atoms with Gasteiger partial charge in [-0.3, -0.25) is 4.79 Å². The summed E-state index contributed by atoms with van der Waals surface area (Å²) < 4.78 is 0.809. The topological polar surface area (TPSA) is 41.1 Å². The van der Waals surface area contributed by atoms with Gasteiger partial charge in [0.2, 0.25) is 0 Å². The van der Waals surface area contributed by atoms with E-state index >= 15 is 0 Å². The van der Waals surface area contributed by atoms with Gasteiger partial charge in [0.05, 0.1) is 4.34 Å². The highest BCUT2D eigenvalue weighted by atomic mass is 35.5. The number of carbonyl (C=O) groups is 1. The molecule has 0 saturated carbocycles. The average Bonchev–Trinajstić information content (AvgIpc) is 2.91. The number of thiophene rings is 1. The molecule has 1 aromatic carbocycles. The first-order valence-corrected chi connectivity index (χ1v) is 7.64. The lowest BCUT2D eigenvalue weighted by atomic mass is 10.1. The third-order valence-corrected chi connectivity index (χ3v) is 4.25. The summed E-state index contributed by atoms with van der Waals surface area (Å²) in [5.41, 5.74) is 3.02. The Balaban J connectivity index is 1.92. The second-order valence-corrected chi connectivity index (χ2v) is 6.11. The van der Waals surface area contributed by atoms with Crippen LogP contribution in [0.4, 0.5) is 0 Å². The molecule has 0 fully saturated rings. The summed E-state index contributed by atoms with van der Waals surface area (Å²) in [5, 5.41) is 8.11. The van der Waals surface area contributed by atoms with Crippen LogP contribution < -0.4 is 10.6 Å². The van der Waals surface area contributed by atoms with E-state index in [-0.39, 0.29) is 11.9 Å². The van der Waals surface area contributed by atoms with Gasteiger partial charge in [-0.15, -0.1) is 11.3 Å². The lowest BCUT2D eigenvalue weighted by Crippen LogP contribution is -2.19. The van der Waals surface area contributed by atoms with Crippen molar-refractivity contribution in [3.8, 4) is 0 Å². The smallest absolute Gasteiger partial charge is 0.251 e. The fourth-order valence-electron chi connectivity index (χ4n) is 1.86. The summed E-state index contributed by atoms with van der Waals surface area (Å²) in [5.74, 6) is -0.0641. The Kier molecular flexibility index (Phi) is 5.17. The molecule has 0 spiro atoms. The summed E-state index contributed by atoms with van der Waals surface area (Å²) in [7, 11) is 1.63. The number of carbonyl (C=O) groups excluding carboxylic acids is 1. The molecular weight excluding hydrogens is 292 g/mol. The fourth-order valence-corrected chi connectivity index (χ4v) is 2.84. The molecule has 1 atom stereocenters. The lowest BCUT2D eigenvalue weighted by Gasteiger charge is -2.12. The van der Waals surface area contributed by atoms with Crippen LogP contribution in [0.15, 0.2) is 35.7 Å². The Morgan fingerprint density at radius 2 is 2.05 bits per heavy atom. The van der Waals surface area contributed by atoms with E-state index in [0.29, 0.717) is 5.56 Å². The highest BCUT2D eigenvalue weighted by molar-refractivity contribution is 7.14. The number of hydrogen-bond acceptors (Lipinski definition) is 3. The Bertz CT molecular complexity index is 580. The van der Waals surface area contributed by atoms with Gasteiger partial charge in [-0.1, -0.05) is 23.7 Å². The number of hydrogen-bond donors (Lipinski definition) is 2. The molecule has 0 radical (unpaired) electrons. The Morgan fingerprint density at radius 1 is 1.35 bits per heavy atom. The van der Waals surface area contributed by atoms with Gasteiger partial charge in [0.25, 0.3) is 5.91 Å². The molecule has 0 aliphatic rings. The highest BCUT2D eigenvalue weighted by Gasteiger charge is 2.07. The van der Waals surface area contributed by atoms with Crippen molar-refractivity contribution in [2.45, 2.75) is 19.5 Å². The van der Waals surface area contributed by atoms with Crippen LogP contribution in [-0.4, -0.2) is 13.0 Å². The SMILES string of the molecule is CNC(=O)c1ccc(CNC(C)c2csc(Cl)c2)cc1. The summed E-state index contributed by atoms with van der Waals surface area (Å²) in [6.45, 7) is 2.86. The minimum atomic E-state index is -0.0641. The van der Waals surface area contributed by atoms with Gasteiger partial charge in [-0.25, -0.2) is 0 Å². The van der Waals surface area contributed by atoms with E-state index in [9.17, 15) is 4.79 Å². The summed E-state index contributed by atoms with van der Waals surface area (Å²) in [6.07, 6.45) is 0. The quantitative estimate of drug-likeness (QED) is 0.886. The van der Waals surface area contributed by atoms with Crippen LogP contribution in [0, 0.1) is 0 Å². The van der Waals surface area contributed by atoms with Crippen LogP contribution in [-0.2, 0) is 6.54 Å². The van der Waals surface area contributed by atoms with Gasteiger partial charge >= 0.3 is 0 Å². The van der Waals surface area contributed by atoms with Gasteiger partial charge < -0.3 is 10.6 Å². The number of nitrogens with one attached hydrogen (secondary N) is 2. The molecule has 0 bridgehead atoms. The van der Waals surface area contributed by atoms with Crippen molar-refractivity contribution >= 4 is 28.8 Å². The lowest BCUT2D eigenvalue weighted by molar-refractivity contribution is 0.0963. The van der Waals surface area contributed by atoms with E-state index in [1.165, 1.54) is 5.56 Å². The molecule has 5 heteroatoms. The zero-order valence-electron chi connectivity index (χ0n) is 11.4. The van der Waals surface area contributed by atoms with E-state index in [2.05, 4.69) is 22.9 Å². The van der Waals surface area contributed by atoms with Gasteiger partial charge in [0.1, 0.15) is 0 Å². The van der Waals surface area contributed by atoms with Crippen molar-refractivity contribution in [1.82, 2.24) is 10.6 Å². The van der Waals surface area contributed by atoms with Gasteiger partial charge in [-0.05, 0) is 41.6 Å². The minimum absolute atomic E-state index is 0.0641. The number of amides is 1. The van der Waals surface area contributed by atoms with Crippen LogP contribution in [0.1, 0.15) is 34.5 Å². The van der Waals surface area contributed by atoms with Gasteiger partial charge in [0.15, 0.2) is 0 Å².